The normalized spacial score (nSPS) is 14.9. The van der Waals surface area contributed by atoms with E-state index in [0.717, 1.165) is 0 Å². The molecule has 2 unspecified atom stereocenters. The quantitative estimate of drug-likeness (QED) is 0.801. The minimum atomic E-state index is -0.956. The highest BCUT2D eigenvalue weighted by Gasteiger charge is 2.32. The van der Waals surface area contributed by atoms with Gasteiger partial charge in [0.2, 0.25) is 0 Å². The van der Waals surface area contributed by atoms with Crippen LogP contribution in [0, 0.1) is 5.41 Å². The van der Waals surface area contributed by atoms with E-state index in [9.17, 15) is 9.59 Å². The lowest BCUT2D eigenvalue weighted by Crippen LogP contribution is -2.44. The van der Waals surface area contributed by atoms with Crippen LogP contribution in [0.5, 0.6) is 5.75 Å². The number of ether oxygens (including phenoxy) is 1. The SMILES string of the molecule is CCC(C)(CNC(=O)C(C)Oc1ccccc1)C(=O)O. The molecule has 0 saturated heterocycles. The van der Waals surface area contributed by atoms with Gasteiger partial charge in [-0.3, -0.25) is 9.59 Å². The van der Waals surface area contributed by atoms with Gasteiger partial charge in [0.1, 0.15) is 5.75 Å². The Morgan fingerprint density at radius 2 is 1.95 bits per heavy atom. The van der Waals surface area contributed by atoms with Crippen LogP contribution >= 0.6 is 0 Å². The molecule has 0 bridgehead atoms. The van der Waals surface area contributed by atoms with Gasteiger partial charge in [0.25, 0.3) is 5.91 Å². The van der Waals surface area contributed by atoms with Crippen molar-refractivity contribution >= 4 is 11.9 Å². The minimum absolute atomic E-state index is 0.0835. The van der Waals surface area contributed by atoms with E-state index in [1.165, 1.54) is 0 Å². The lowest BCUT2D eigenvalue weighted by atomic mass is 9.87. The molecule has 5 nitrogen and oxygen atoms in total. The van der Waals surface area contributed by atoms with E-state index in [0.29, 0.717) is 12.2 Å². The first-order valence-electron chi connectivity index (χ1n) is 6.62. The van der Waals surface area contributed by atoms with Crippen molar-refractivity contribution in [1.82, 2.24) is 5.32 Å². The molecule has 0 saturated carbocycles. The fraction of sp³-hybridized carbons (Fsp3) is 0.467. The Morgan fingerprint density at radius 1 is 1.35 bits per heavy atom. The lowest BCUT2D eigenvalue weighted by Gasteiger charge is -2.24. The van der Waals surface area contributed by atoms with Crippen LogP contribution in [0.15, 0.2) is 30.3 Å². The third kappa shape index (κ3) is 4.26. The predicted molar refractivity (Wildman–Crippen MR) is 75.6 cm³/mol. The van der Waals surface area contributed by atoms with Crippen LogP contribution < -0.4 is 10.1 Å². The van der Waals surface area contributed by atoms with Crippen molar-refractivity contribution in [2.45, 2.75) is 33.3 Å². The Kier molecular flexibility index (Phi) is 5.55. The third-order valence-electron chi connectivity index (χ3n) is 3.37. The molecular weight excluding hydrogens is 258 g/mol. The largest absolute Gasteiger partial charge is 0.481 e. The minimum Gasteiger partial charge on any atom is -0.481 e. The standard InChI is InChI=1S/C15H21NO4/c1-4-15(3,14(18)19)10-16-13(17)11(2)20-12-8-6-5-7-9-12/h5-9,11H,4,10H2,1-3H3,(H,16,17)(H,18,19). The number of nitrogens with one attached hydrogen (secondary N) is 1. The summed E-state index contributed by atoms with van der Waals surface area (Å²) in [6.07, 6.45) is -0.233. The van der Waals surface area contributed by atoms with Crippen LogP contribution in [-0.4, -0.2) is 29.6 Å². The van der Waals surface area contributed by atoms with Crippen LogP contribution in [0.4, 0.5) is 0 Å². The van der Waals surface area contributed by atoms with E-state index in [2.05, 4.69) is 5.32 Å². The van der Waals surface area contributed by atoms with Gasteiger partial charge >= 0.3 is 5.97 Å². The number of benzene rings is 1. The molecule has 1 rings (SSSR count). The molecule has 0 aliphatic rings. The lowest BCUT2D eigenvalue weighted by molar-refractivity contribution is -0.148. The number of para-hydroxylation sites is 1. The molecule has 1 aromatic rings. The first-order valence-corrected chi connectivity index (χ1v) is 6.62. The van der Waals surface area contributed by atoms with Gasteiger partial charge in [-0.15, -0.1) is 0 Å². The van der Waals surface area contributed by atoms with Crippen LogP contribution in [0.1, 0.15) is 27.2 Å². The van der Waals surface area contributed by atoms with E-state index in [1.807, 2.05) is 18.2 Å². The number of carboxylic acid groups (broad SMARTS) is 1. The second kappa shape index (κ2) is 6.93. The van der Waals surface area contributed by atoms with E-state index in [-0.39, 0.29) is 12.5 Å². The Balaban J connectivity index is 2.52. The highest BCUT2D eigenvalue weighted by Crippen LogP contribution is 2.20. The number of carbonyl (C=O) groups excluding carboxylic acids is 1. The highest BCUT2D eigenvalue weighted by molar-refractivity contribution is 5.82. The third-order valence-corrected chi connectivity index (χ3v) is 3.37. The van der Waals surface area contributed by atoms with Gasteiger partial charge in [-0.05, 0) is 32.4 Å². The van der Waals surface area contributed by atoms with Gasteiger partial charge in [-0.2, -0.15) is 0 Å². The predicted octanol–water partition coefficient (Wildman–Crippen LogP) is 2.07. The Hall–Kier alpha value is -2.04. The zero-order valence-electron chi connectivity index (χ0n) is 12.1. The monoisotopic (exact) mass is 279 g/mol. The molecule has 0 radical (unpaired) electrons. The van der Waals surface area contributed by atoms with Gasteiger partial charge in [0.05, 0.1) is 5.41 Å². The zero-order chi connectivity index (χ0) is 15.2. The van der Waals surface area contributed by atoms with Gasteiger partial charge in [0.15, 0.2) is 6.10 Å². The molecular formula is C15H21NO4. The summed E-state index contributed by atoms with van der Waals surface area (Å²) in [5, 5.41) is 11.8. The summed E-state index contributed by atoms with van der Waals surface area (Å²) < 4.78 is 5.48. The number of hydrogen-bond acceptors (Lipinski definition) is 3. The molecule has 2 N–H and O–H groups in total. The molecule has 0 heterocycles. The van der Waals surface area contributed by atoms with Gasteiger partial charge in [-0.1, -0.05) is 25.1 Å². The average Bonchev–Trinajstić information content (AvgIpc) is 2.45. The Labute approximate surface area is 118 Å². The highest BCUT2D eigenvalue weighted by atomic mass is 16.5. The van der Waals surface area contributed by atoms with Crippen LogP contribution in [0.2, 0.25) is 0 Å². The fourth-order valence-electron chi connectivity index (χ4n) is 1.53. The number of hydrogen-bond donors (Lipinski definition) is 2. The second-order valence-corrected chi connectivity index (χ2v) is 5.01. The number of carbonyl (C=O) groups is 2. The molecule has 2 atom stereocenters. The van der Waals surface area contributed by atoms with Crippen molar-refractivity contribution < 1.29 is 19.4 Å². The molecule has 0 aromatic heterocycles. The van der Waals surface area contributed by atoms with Crippen LogP contribution in [0.25, 0.3) is 0 Å². The zero-order valence-corrected chi connectivity index (χ0v) is 12.1. The maximum atomic E-state index is 11.9. The Morgan fingerprint density at radius 3 is 2.45 bits per heavy atom. The summed E-state index contributed by atoms with van der Waals surface area (Å²) in [6, 6.07) is 9.02. The molecule has 20 heavy (non-hydrogen) atoms. The van der Waals surface area contributed by atoms with Crippen molar-refractivity contribution in [2.75, 3.05) is 6.54 Å². The smallest absolute Gasteiger partial charge is 0.311 e. The van der Waals surface area contributed by atoms with Gasteiger partial charge < -0.3 is 15.2 Å². The molecule has 0 spiro atoms. The maximum absolute atomic E-state index is 11.9. The molecule has 0 aliphatic carbocycles. The number of carboxylic acids is 1. The van der Waals surface area contributed by atoms with Gasteiger partial charge in [-0.25, -0.2) is 0 Å². The summed E-state index contributed by atoms with van der Waals surface area (Å²) in [5.41, 5.74) is -0.956. The number of amides is 1. The topological polar surface area (TPSA) is 75.6 Å². The average molecular weight is 279 g/mol. The van der Waals surface area contributed by atoms with Gasteiger partial charge in [0, 0.05) is 6.54 Å². The molecule has 1 amide bonds. The summed E-state index contributed by atoms with van der Waals surface area (Å²) in [7, 11) is 0. The van der Waals surface area contributed by atoms with Crippen molar-refractivity contribution in [2.24, 2.45) is 5.41 Å². The second-order valence-electron chi connectivity index (χ2n) is 5.01. The first-order chi connectivity index (χ1) is 9.39. The molecule has 110 valence electrons. The molecule has 0 fully saturated rings. The van der Waals surface area contributed by atoms with E-state index in [4.69, 9.17) is 9.84 Å². The van der Waals surface area contributed by atoms with E-state index < -0.39 is 17.5 Å². The first kappa shape index (κ1) is 16.0. The molecule has 5 heteroatoms. The summed E-state index contributed by atoms with van der Waals surface area (Å²) in [4.78, 5) is 23.0. The molecule has 1 aromatic carbocycles. The summed E-state index contributed by atoms with van der Waals surface area (Å²) in [5.74, 6) is -0.640. The van der Waals surface area contributed by atoms with Crippen molar-refractivity contribution in [1.29, 1.82) is 0 Å². The number of aliphatic carboxylic acids is 1. The van der Waals surface area contributed by atoms with E-state index in [1.54, 1.807) is 32.9 Å². The summed E-state index contributed by atoms with van der Waals surface area (Å²) in [6.45, 7) is 5.11. The van der Waals surface area contributed by atoms with E-state index >= 15 is 0 Å². The summed E-state index contributed by atoms with van der Waals surface area (Å²) >= 11 is 0. The van der Waals surface area contributed by atoms with Crippen LogP contribution in [-0.2, 0) is 9.59 Å². The molecule has 0 aliphatic heterocycles. The maximum Gasteiger partial charge on any atom is 0.311 e. The van der Waals surface area contributed by atoms with Crippen LogP contribution in [0.3, 0.4) is 0 Å². The van der Waals surface area contributed by atoms with Crippen molar-refractivity contribution in [3.05, 3.63) is 30.3 Å². The fourth-order valence-corrected chi connectivity index (χ4v) is 1.53. The number of rotatable bonds is 7. The van der Waals surface area contributed by atoms with Crippen molar-refractivity contribution in [3.63, 3.8) is 0 Å². The van der Waals surface area contributed by atoms with Crippen molar-refractivity contribution in [3.8, 4) is 5.75 Å². The Bertz CT molecular complexity index is 460.